The standard InChI is InChI=1S/C24H30Cl3N3O4S/c1-6-16(3)28-24(32)17(4)29(13-18-10-8-7-9-15(18)2)23(31)14-30(35(5,33)34)22-12-20(26)19(25)11-21(22)27/h7-12,16-17H,6,13-14H2,1-5H3,(H,28,32). The molecule has 0 spiro atoms. The zero-order valence-electron chi connectivity index (χ0n) is 20.3. The fourth-order valence-electron chi connectivity index (χ4n) is 3.32. The smallest absolute Gasteiger partial charge is 0.244 e. The Morgan fingerprint density at radius 3 is 2.20 bits per heavy atom. The van der Waals surface area contributed by atoms with E-state index in [4.69, 9.17) is 34.8 Å². The second-order valence-electron chi connectivity index (χ2n) is 8.43. The van der Waals surface area contributed by atoms with Crippen molar-refractivity contribution in [3.8, 4) is 0 Å². The van der Waals surface area contributed by atoms with Gasteiger partial charge >= 0.3 is 0 Å². The lowest BCUT2D eigenvalue weighted by Crippen LogP contribution is -2.52. The molecule has 2 aromatic rings. The average Bonchev–Trinajstić information content (AvgIpc) is 2.78. The highest BCUT2D eigenvalue weighted by Gasteiger charge is 2.31. The fourth-order valence-corrected chi connectivity index (χ4v) is 4.86. The number of amides is 2. The van der Waals surface area contributed by atoms with Gasteiger partial charge in [-0.25, -0.2) is 8.42 Å². The summed E-state index contributed by atoms with van der Waals surface area (Å²) < 4.78 is 26.2. The van der Waals surface area contributed by atoms with Crippen LogP contribution in [0.4, 0.5) is 5.69 Å². The maximum atomic E-state index is 13.6. The average molecular weight is 563 g/mol. The van der Waals surface area contributed by atoms with Crippen molar-refractivity contribution >= 4 is 62.3 Å². The van der Waals surface area contributed by atoms with Gasteiger partial charge in [-0.2, -0.15) is 0 Å². The summed E-state index contributed by atoms with van der Waals surface area (Å²) in [5.74, 6) is -0.910. The number of nitrogens with zero attached hydrogens (tertiary/aromatic N) is 2. The van der Waals surface area contributed by atoms with Gasteiger partial charge < -0.3 is 10.2 Å². The van der Waals surface area contributed by atoms with Crippen molar-refractivity contribution in [2.75, 3.05) is 17.1 Å². The highest BCUT2D eigenvalue weighted by atomic mass is 35.5. The second kappa shape index (κ2) is 12.3. The molecule has 35 heavy (non-hydrogen) atoms. The number of carbonyl (C=O) groups is 2. The third-order valence-electron chi connectivity index (χ3n) is 5.71. The molecule has 2 amide bonds. The molecule has 0 aromatic heterocycles. The van der Waals surface area contributed by atoms with Gasteiger partial charge in [-0.15, -0.1) is 0 Å². The van der Waals surface area contributed by atoms with E-state index in [2.05, 4.69) is 5.32 Å². The Labute approximate surface area is 222 Å². The molecule has 11 heteroatoms. The molecule has 0 saturated heterocycles. The van der Waals surface area contributed by atoms with Crippen molar-refractivity contribution in [3.05, 3.63) is 62.6 Å². The molecule has 192 valence electrons. The highest BCUT2D eigenvalue weighted by molar-refractivity contribution is 7.92. The van der Waals surface area contributed by atoms with Crippen LogP contribution in [-0.4, -0.2) is 50.0 Å². The molecule has 0 aliphatic heterocycles. The molecular weight excluding hydrogens is 533 g/mol. The van der Waals surface area contributed by atoms with Gasteiger partial charge in [-0.1, -0.05) is 66.0 Å². The van der Waals surface area contributed by atoms with E-state index >= 15 is 0 Å². The fraction of sp³-hybridized carbons (Fsp3) is 0.417. The number of sulfonamides is 1. The topological polar surface area (TPSA) is 86.8 Å². The predicted octanol–water partition coefficient (Wildman–Crippen LogP) is 5.05. The first-order valence-corrected chi connectivity index (χ1v) is 14.0. The minimum atomic E-state index is -3.95. The normalized spacial score (nSPS) is 13.1. The molecule has 2 atom stereocenters. The van der Waals surface area contributed by atoms with Gasteiger partial charge in [0.05, 0.1) is 27.0 Å². The summed E-state index contributed by atoms with van der Waals surface area (Å²) in [5, 5.41) is 3.14. The molecule has 0 aliphatic carbocycles. The molecule has 2 rings (SSSR count). The van der Waals surface area contributed by atoms with Crippen LogP contribution in [0.1, 0.15) is 38.3 Å². The molecule has 0 aliphatic rings. The molecule has 0 saturated carbocycles. The van der Waals surface area contributed by atoms with Gasteiger partial charge in [-0.3, -0.25) is 13.9 Å². The van der Waals surface area contributed by atoms with E-state index in [-0.39, 0.29) is 39.2 Å². The number of hydrogen-bond donors (Lipinski definition) is 1. The summed E-state index contributed by atoms with van der Waals surface area (Å²) in [7, 11) is -3.95. The largest absolute Gasteiger partial charge is 0.352 e. The van der Waals surface area contributed by atoms with Crippen molar-refractivity contribution in [2.24, 2.45) is 0 Å². The number of nitrogens with one attached hydrogen (secondary N) is 1. The molecule has 0 radical (unpaired) electrons. The summed E-state index contributed by atoms with van der Waals surface area (Å²) in [4.78, 5) is 27.9. The molecule has 0 bridgehead atoms. The lowest BCUT2D eigenvalue weighted by atomic mass is 10.1. The van der Waals surface area contributed by atoms with Gasteiger partial charge in [0, 0.05) is 12.6 Å². The monoisotopic (exact) mass is 561 g/mol. The first-order chi connectivity index (χ1) is 16.3. The van der Waals surface area contributed by atoms with Crippen LogP contribution < -0.4 is 9.62 Å². The Morgan fingerprint density at radius 2 is 1.63 bits per heavy atom. The van der Waals surface area contributed by atoms with Crippen molar-refractivity contribution in [2.45, 2.75) is 52.7 Å². The van der Waals surface area contributed by atoms with Crippen LogP contribution in [0.3, 0.4) is 0 Å². The lowest BCUT2D eigenvalue weighted by molar-refractivity contribution is -0.139. The molecule has 0 fully saturated rings. The zero-order chi connectivity index (χ0) is 26.5. The van der Waals surface area contributed by atoms with E-state index in [1.807, 2.05) is 45.0 Å². The van der Waals surface area contributed by atoms with E-state index in [1.165, 1.54) is 17.0 Å². The summed E-state index contributed by atoms with van der Waals surface area (Å²) >= 11 is 18.4. The van der Waals surface area contributed by atoms with Gasteiger partial charge in [0.2, 0.25) is 21.8 Å². The summed E-state index contributed by atoms with van der Waals surface area (Å²) in [6, 6.07) is 9.15. The van der Waals surface area contributed by atoms with Gasteiger partial charge in [0.15, 0.2) is 0 Å². The predicted molar refractivity (Wildman–Crippen MR) is 143 cm³/mol. The maximum Gasteiger partial charge on any atom is 0.244 e. The Hall–Kier alpha value is -2.00. The van der Waals surface area contributed by atoms with E-state index < -0.39 is 28.5 Å². The van der Waals surface area contributed by atoms with Crippen LogP contribution in [0, 0.1) is 6.92 Å². The third kappa shape index (κ3) is 7.74. The van der Waals surface area contributed by atoms with E-state index in [0.717, 1.165) is 28.1 Å². The Morgan fingerprint density at radius 1 is 1.03 bits per heavy atom. The van der Waals surface area contributed by atoms with Crippen LogP contribution in [-0.2, 0) is 26.2 Å². The minimum Gasteiger partial charge on any atom is -0.352 e. The van der Waals surface area contributed by atoms with Crippen LogP contribution >= 0.6 is 34.8 Å². The summed E-state index contributed by atoms with van der Waals surface area (Å²) in [6.07, 6.45) is 1.69. The number of hydrogen-bond acceptors (Lipinski definition) is 4. The van der Waals surface area contributed by atoms with Gasteiger partial charge in [0.1, 0.15) is 12.6 Å². The zero-order valence-corrected chi connectivity index (χ0v) is 23.4. The number of rotatable bonds is 10. The first kappa shape index (κ1) is 29.2. The van der Waals surface area contributed by atoms with Crippen molar-refractivity contribution < 1.29 is 18.0 Å². The quantitative estimate of drug-likeness (QED) is 0.411. The van der Waals surface area contributed by atoms with Crippen molar-refractivity contribution in [1.29, 1.82) is 0 Å². The number of anilines is 1. The summed E-state index contributed by atoms with van der Waals surface area (Å²) in [6.45, 7) is 6.87. The van der Waals surface area contributed by atoms with Crippen LogP contribution in [0.15, 0.2) is 36.4 Å². The van der Waals surface area contributed by atoms with Crippen LogP contribution in [0.2, 0.25) is 15.1 Å². The van der Waals surface area contributed by atoms with Crippen LogP contribution in [0.5, 0.6) is 0 Å². The van der Waals surface area contributed by atoms with E-state index in [9.17, 15) is 18.0 Å². The molecule has 2 unspecified atom stereocenters. The van der Waals surface area contributed by atoms with E-state index in [1.54, 1.807) is 6.92 Å². The minimum absolute atomic E-state index is 0.0180. The lowest BCUT2D eigenvalue weighted by Gasteiger charge is -2.32. The Bertz CT molecular complexity index is 1190. The number of carbonyl (C=O) groups excluding carboxylic acids is 2. The number of halogens is 3. The molecule has 7 nitrogen and oxygen atoms in total. The number of aryl methyl sites for hydroxylation is 1. The Balaban J connectivity index is 2.47. The van der Waals surface area contributed by atoms with Gasteiger partial charge in [0.25, 0.3) is 0 Å². The van der Waals surface area contributed by atoms with E-state index in [0.29, 0.717) is 0 Å². The molecule has 0 heterocycles. The second-order valence-corrected chi connectivity index (χ2v) is 11.6. The Kier molecular flexibility index (Phi) is 10.3. The molecular formula is C24H30Cl3N3O4S. The molecule has 2 aromatic carbocycles. The third-order valence-corrected chi connectivity index (χ3v) is 7.86. The van der Waals surface area contributed by atoms with Crippen molar-refractivity contribution in [3.63, 3.8) is 0 Å². The summed E-state index contributed by atoms with van der Waals surface area (Å²) in [5.41, 5.74) is 1.79. The first-order valence-electron chi connectivity index (χ1n) is 11.0. The molecule has 1 N–H and O–H groups in total. The number of benzene rings is 2. The van der Waals surface area contributed by atoms with Crippen molar-refractivity contribution in [1.82, 2.24) is 10.2 Å². The van der Waals surface area contributed by atoms with Crippen LogP contribution in [0.25, 0.3) is 0 Å². The van der Waals surface area contributed by atoms with Gasteiger partial charge in [-0.05, 0) is 50.5 Å². The highest BCUT2D eigenvalue weighted by Crippen LogP contribution is 2.35. The SMILES string of the molecule is CCC(C)NC(=O)C(C)N(Cc1ccccc1C)C(=O)CN(c1cc(Cl)c(Cl)cc1Cl)S(C)(=O)=O. The maximum absolute atomic E-state index is 13.6.